The van der Waals surface area contributed by atoms with Gasteiger partial charge < -0.3 is 15.4 Å². The molecule has 0 radical (unpaired) electrons. The topological polar surface area (TPSA) is 76.1 Å². The van der Waals surface area contributed by atoms with Gasteiger partial charge in [0.05, 0.1) is 11.1 Å². The van der Waals surface area contributed by atoms with Crippen molar-refractivity contribution >= 4 is 12.0 Å². The largest absolute Gasteiger partial charge is 0.444 e. The van der Waals surface area contributed by atoms with E-state index in [-0.39, 0.29) is 17.2 Å². The van der Waals surface area contributed by atoms with Gasteiger partial charge in [0.15, 0.2) is 0 Å². The second-order valence-electron chi connectivity index (χ2n) is 7.53. The van der Waals surface area contributed by atoms with Gasteiger partial charge in [-0.2, -0.15) is 0 Å². The van der Waals surface area contributed by atoms with E-state index in [1.54, 1.807) is 18.5 Å². The Morgan fingerprint density at radius 1 is 1.23 bits per heavy atom. The van der Waals surface area contributed by atoms with Gasteiger partial charge in [0.1, 0.15) is 5.60 Å². The van der Waals surface area contributed by atoms with Crippen LogP contribution in [0.5, 0.6) is 0 Å². The summed E-state index contributed by atoms with van der Waals surface area (Å²) in [6, 6.07) is 1.80. The summed E-state index contributed by atoms with van der Waals surface area (Å²) in [5.74, 6) is 1.27. The molecule has 2 bridgehead atoms. The van der Waals surface area contributed by atoms with Gasteiger partial charge in [0.25, 0.3) is 0 Å². The summed E-state index contributed by atoms with van der Waals surface area (Å²) in [4.78, 5) is 20.5. The highest BCUT2D eigenvalue weighted by atomic mass is 16.6. The lowest BCUT2D eigenvalue weighted by Crippen LogP contribution is -2.93. The van der Waals surface area contributed by atoms with Crippen molar-refractivity contribution in [1.82, 2.24) is 15.3 Å². The molecule has 1 amide bonds. The molecule has 4 rings (SSSR count). The van der Waals surface area contributed by atoms with Crippen molar-refractivity contribution in [2.24, 2.45) is 11.8 Å². The highest BCUT2D eigenvalue weighted by Crippen LogP contribution is 2.69. The molecule has 2 atom stereocenters. The predicted octanol–water partition coefficient (Wildman–Crippen LogP) is 2.58. The first kappa shape index (κ1) is 15.1. The van der Waals surface area contributed by atoms with Crippen LogP contribution in [0.25, 0.3) is 0 Å². The Hall–Kier alpha value is -1.85. The van der Waals surface area contributed by atoms with Crippen LogP contribution in [-0.2, 0) is 4.74 Å². The smallest absolute Gasteiger partial charge is 0.408 e. The third-order valence-corrected chi connectivity index (χ3v) is 5.32. The Bertz CT molecular complexity index is 572. The number of ether oxygens (including phenoxy) is 1. The molecular formula is C16H24N4O2. The minimum Gasteiger partial charge on any atom is -0.444 e. The zero-order valence-electron chi connectivity index (χ0n) is 13.8. The number of amides is 1. The van der Waals surface area contributed by atoms with E-state index in [0.717, 1.165) is 6.42 Å². The van der Waals surface area contributed by atoms with E-state index in [0.29, 0.717) is 17.8 Å². The van der Waals surface area contributed by atoms with Gasteiger partial charge in [-0.05, 0) is 33.3 Å². The fraction of sp³-hybridized carbons (Fsp3) is 0.688. The SMILES string of the molecule is C[C@@H]1C2(NC(=O)OC(C)(C)C)CC1(Nc1ncccn1)[C@@H]2C. The molecule has 1 aromatic rings. The molecule has 22 heavy (non-hydrogen) atoms. The molecule has 0 aliphatic heterocycles. The van der Waals surface area contributed by atoms with Crippen molar-refractivity contribution in [2.75, 3.05) is 5.32 Å². The molecule has 1 heterocycles. The lowest BCUT2D eigenvalue weighted by Gasteiger charge is -2.79. The van der Waals surface area contributed by atoms with Crippen LogP contribution in [0, 0.1) is 11.8 Å². The molecule has 3 saturated carbocycles. The number of nitrogens with zero attached hydrogens (tertiary/aromatic N) is 2. The summed E-state index contributed by atoms with van der Waals surface area (Å²) < 4.78 is 5.39. The number of alkyl carbamates (subject to hydrolysis) is 1. The molecule has 120 valence electrons. The third kappa shape index (κ3) is 2.04. The number of hydrogen-bond donors (Lipinski definition) is 2. The summed E-state index contributed by atoms with van der Waals surface area (Å²) >= 11 is 0. The van der Waals surface area contributed by atoms with Crippen LogP contribution in [0.15, 0.2) is 18.5 Å². The van der Waals surface area contributed by atoms with E-state index in [1.165, 1.54) is 0 Å². The Morgan fingerprint density at radius 2 is 1.82 bits per heavy atom. The Morgan fingerprint density at radius 3 is 2.32 bits per heavy atom. The number of nitrogens with one attached hydrogen (secondary N) is 2. The zero-order chi connectivity index (χ0) is 16.2. The van der Waals surface area contributed by atoms with Crippen LogP contribution in [0.2, 0.25) is 0 Å². The number of anilines is 1. The number of carbonyl (C=O) groups is 1. The summed E-state index contributed by atoms with van der Waals surface area (Å²) in [5.41, 5.74) is -0.686. The maximum absolute atomic E-state index is 12.1. The second-order valence-corrected chi connectivity index (χ2v) is 7.53. The molecule has 0 spiro atoms. The van der Waals surface area contributed by atoms with Crippen molar-refractivity contribution < 1.29 is 9.53 Å². The van der Waals surface area contributed by atoms with Crippen molar-refractivity contribution in [3.8, 4) is 0 Å². The van der Waals surface area contributed by atoms with Crippen LogP contribution in [0.4, 0.5) is 10.7 Å². The molecule has 0 unspecified atom stereocenters. The number of rotatable bonds is 3. The molecule has 6 nitrogen and oxygen atoms in total. The minimum atomic E-state index is -0.478. The van der Waals surface area contributed by atoms with E-state index in [9.17, 15) is 4.79 Å². The van der Waals surface area contributed by atoms with E-state index >= 15 is 0 Å². The second kappa shape index (κ2) is 4.57. The van der Waals surface area contributed by atoms with Gasteiger partial charge in [0, 0.05) is 24.2 Å². The molecule has 3 aliphatic rings. The Kier molecular flexibility index (Phi) is 3.13. The van der Waals surface area contributed by atoms with E-state index in [4.69, 9.17) is 4.74 Å². The number of hydrogen-bond acceptors (Lipinski definition) is 5. The van der Waals surface area contributed by atoms with Crippen LogP contribution >= 0.6 is 0 Å². The average molecular weight is 304 g/mol. The quantitative estimate of drug-likeness (QED) is 0.897. The van der Waals surface area contributed by atoms with Gasteiger partial charge in [-0.15, -0.1) is 0 Å². The summed E-state index contributed by atoms with van der Waals surface area (Å²) in [6.45, 7) is 9.92. The molecule has 0 aromatic carbocycles. The molecule has 0 saturated heterocycles. The Balaban J connectivity index is 1.65. The van der Waals surface area contributed by atoms with Gasteiger partial charge in [-0.25, -0.2) is 14.8 Å². The number of aromatic nitrogens is 2. The van der Waals surface area contributed by atoms with Crippen molar-refractivity contribution in [1.29, 1.82) is 0 Å². The standard InChI is InChI=1S/C16H24N4O2/c1-10-15(19-12-17-7-6-8-18-12)9-16(10,11(15)2)20-13(21)22-14(3,4)5/h6-8,10-11H,9H2,1-5H3,(H,20,21)(H,17,18,19)/t10-,11-,15?,16?/m0/s1. The normalized spacial score (nSPS) is 35.9. The fourth-order valence-electron chi connectivity index (χ4n) is 3.99. The molecule has 2 N–H and O–H groups in total. The monoisotopic (exact) mass is 304 g/mol. The lowest BCUT2D eigenvalue weighted by atomic mass is 9.32. The summed E-state index contributed by atoms with van der Waals surface area (Å²) in [7, 11) is 0. The molecule has 1 aromatic heterocycles. The number of carbonyl (C=O) groups excluding carboxylic acids is 1. The van der Waals surface area contributed by atoms with E-state index in [2.05, 4.69) is 34.4 Å². The fourth-order valence-corrected chi connectivity index (χ4v) is 3.99. The first-order valence-corrected chi connectivity index (χ1v) is 7.76. The third-order valence-electron chi connectivity index (χ3n) is 5.32. The van der Waals surface area contributed by atoms with E-state index in [1.807, 2.05) is 20.8 Å². The Labute approximate surface area is 131 Å². The van der Waals surface area contributed by atoms with Crippen LogP contribution < -0.4 is 10.6 Å². The lowest BCUT2D eigenvalue weighted by molar-refractivity contribution is -0.196. The van der Waals surface area contributed by atoms with Crippen LogP contribution in [-0.4, -0.2) is 32.7 Å². The van der Waals surface area contributed by atoms with Crippen LogP contribution in [0.1, 0.15) is 41.0 Å². The van der Waals surface area contributed by atoms with Crippen molar-refractivity contribution in [3.63, 3.8) is 0 Å². The van der Waals surface area contributed by atoms with Gasteiger partial charge in [-0.1, -0.05) is 13.8 Å². The highest BCUT2D eigenvalue weighted by Gasteiger charge is 2.80. The predicted molar refractivity (Wildman–Crippen MR) is 83.4 cm³/mol. The maximum Gasteiger partial charge on any atom is 0.408 e. The molecule has 3 aliphatic carbocycles. The first-order valence-electron chi connectivity index (χ1n) is 7.76. The van der Waals surface area contributed by atoms with Crippen molar-refractivity contribution in [3.05, 3.63) is 18.5 Å². The van der Waals surface area contributed by atoms with E-state index < -0.39 is 5.60 Å². The van der Waals surface area contributed by atoms with Crippen LogP contribution in [0.3, 0.4) is 0 Å². The highest BCUT2D eigenvalue weighted by molar-refractivity contribution is 5.71. The summed E-state index contributed by atoms with van der Waals surface area (Å²) in [6.07, 6.45) is 3.99. The average Bonchev–Trinajstić information content (AvgIpc) is 2.45. The zero-order valence-corrected chi connectivity index (χ0v) is 13.8. The molecular weight excluding hydrogens is 280 g/mol. The molecule has 3 fully saturated rings. The maximum atomic E-state index is 12.1. The van der Waals surface area contributed by atoms with Crippen molar-refractivity contribution in [2.45, 2.75) is 57.7 Å². The van der Waals surface area contributed by atoms with Gasteiger partial charge >= 0.3 is 6.09 Å². The summed E-state index contributed by atoms with van der Waals surface area (Å²) in [5, 5.41) is 6.54. The van der Waals surface area contributed by atoms with Gasteiger partial charge in [-0.3, -0.25) is 0 Å². The van der Waals surface area contributed by atoms with Gasteiger partial charge in [0.2, 0.25) is 5.95 Å². The first-order chi connectivity index (χ1) is 10.2. The minimum absolute atomic E-state index is 0.0314. The molecule has 6 heteroatoms.